The van der Waals surface area contributed by atoms with Crippen molar-refractivity contribution in [3.8, 4) is 34.7 Å². The number of esters is 1. The molecule has 1 aliphatic heterocycles. The first-order valence-electron chi connectivity index (χ1n) is 43.1. The number of nitriles is 2. The molecule has 0 spiro atoms. The fraction of sp³-hybridized carbons (Fsp3) is 0.556. The van der Waals surface area contributed by atoms with Gasteiger partial charge < -0.3 is 9.64 Å². The number of hydrogen-bond acceptors (Lipinski definition) is 18. The van der Waals surface area contributed by atoms with Crippen molar-refractivity contribution in [2.45, 2.75) is 258 Å². The van der Waals surface area contributed by atoms with E-state index in [1.54, 1.807) is 34.6 Å². The second-order valence-electron chi connectivity index (χ2n) is 38.3. The normalized spacial score (nSPS) is 15.4. The number of halogens is 9. The number of sulfonamides is 1. The van der Waals surface area contributed by atoms with Crippen LogP contribution in [0.3, 0.4) is 0 Å². The summed E-state index contributed by atoms with van der Waals surface area (Å²) in [5, 5.41) is 29.3. The fourth-order valence-corrected chi connectivity index (χ4v) is 34.4. The first-order valence-corrected chi connectivity index (χ1v) is 64.5. The monoisotopic (exact) mass is 2090 g/mol. The van der Waals surface area contributed by atoms with Gasteiger partial charge in [-0.05, 0) is 131 Å². The van der Waals surface area contributed by atoms with Crippen molar-refractivity contribution in [2.75, 3.05) is 50.0 Å². The number of carbonyl (C=O) groups is 2. The molecule has 11 rings (SSSR count). The predicted molar refractivity (Wildman–Crippen MR) is 560 cm³/mol. The van der Waals surface area contributed by atoms with Crippen LogP contribution in [0, 0.1) is 33.5 Å². The third-order valence-corrected chi connectivity index (χ3v) is 55.7. The van der Waals surface area contributed by atoms with E-state index in [1.165, 1.54) is 32.3 Å². The number of benzene rings is 3. The molecule has 40 heteroatoms. The van der Waals surface area contributed by atoms with Crippen molar-refractivity contribution in [3.05, 3.63) is 153 Å². The third kappa shape index (κ3) is 31.7. The van der Waals surface area contributed by atoms with E-state index in [4.69, 9.17) is 112 Å². The molecule has 0 bridgehead atoms. The first kappa shape index (κ1) is 117. The number of carbonyl (C=O) groups excluding carboxylic acids is 2. The summed E-state index contributed by atoms with van der Waals surface area (Å²) in [5.74, 6) is 0.720. The van der Waals surface area contributed by atoms with Gasteiger partial charge in [-0.1, -0.05) is 200 Å². The minimum absolute atomic E-state index is 0.0182. The van der Waals surface area contributed by atoms with Gasteiger partial charge in [0.15, 0.2) is 37.4 Å². The van der Waals surface area contributed by atoms with Crippen LogP contribution in [-0.2, 0) is 56.2 Å². The topological polar surface area (TPSA) is 300 Å². The zero-order chi connectivity index (χ0) is 99.1. The van der Waals surface area contributed by atoms with Gasteiger partial charge in [0.1, 0.15) is 50.9 Å². The summed E-state index contributed by atoms with van der Waals surface area (Å²) in [6, 6.07) is 38.2. The summed E-state index contributed by atoms with van der Waals surface area (Å²) < 4.78 is 73.7. The Kier molecular flexibility index (Phi) is 43.5. The Labute approximate surface area is 822 Å². The SMILES string of the molecule is CC(C)(C)C(=O)OCn1ccc2c(-c3cnn(C4(CC#N)CCC4)c3)ncnc21.CCN(CC)CC.CCS(=O)(=N[Si](C)(C)C(C)(C)C)N1CC(CC#N)(n2cc(-c3ncnc4c3ccn4C(=O)C(C)(C)C)cn2)C1.CCS(=O)(=O)N[Si](C)(C)C(C)(C)C.CCS(=O)(Cl)=N[Si](C)(C)C(C)(C)C.ClC(Cl)Cl.ClC(Cl)Cl.ClP(Cl)(c1ccccc1)(c1ccccc1)c1ccccc1. The van der Waals surface area contributed by atoms with Crippen LogP contribution in [0.25, 0.3) is 44.6 Å². The summed E-state index contributed by atoms with van der Waals surface area (Å²) in [6.07, 6.45) is 17.6. The Morgan fingerprint density at radius 2 is 0.946 bits per heavy atom. The number of hydrogen-bond donors (Lipinski definition) is 1. The van der Waals surface area contributed by atoms with E-state index in [0.29, 0.717) is 48.0 Å². The summed E-state index contributed by atoms with van der Waals surface area (Å²) in [6.45, 7) is 59.3. The van der Waals surface area contributed by atoms with Gasteiger partial charge in [-0.15, -0.1) is 0 Å². The molecule has 2 fully saturated rings. The first-order chi connectivity index (χ1) is 59.8. The second-order valence-corrected chi connectivity index (χ2v) is 73.8. The van der Waals surface area contributed by atoms with Crippen molar-refractivity contribution < 1.29 is 31.2 Å². The minimum atomic E-state index is -3.43. The third-order valence-electron chi connectivity index (χ3n) is 23.7. The summed E-state index contributed by atoms with van der Waals surface area (Å²) in [4.78, 5) is 45.1. The molecule has 2 aliphatic rings. The van der Waals surface area contributed by atoms with E-state index in [1.807, 2.05) is 204 Å². The van der Waals surface area contributed by atoms with Crippen molar-refractivity contribution in [3.63, 3.8) is 0 Å². The van der Waals surface area contributed by atoms with Gasteiger partial charge in [-0.2, -0.15) is 20.7 Å². The van der Waals surface area contributed by atoms with Crippen LogP contribution in [0.5, 0.6) is 0 Å². The standard InChI is InChI=1S/C27H40N8O2SSi.C21H24N6O2.C18H15Cl2P.C8H20ClNOSSi.C8H21NO2SSi.C6H15N.2CHCl3/c1-10-38(37,32-39(8,9)26(5,6)7)33-17-27(18-33,12-13-28)35-16-20(15-31-35)22-21-11-14-34(23(21)30-19-29-22)24(36)25(2,3)4;1-20(2,3)19(28)29-14-26-10-5-16-17(23-13-24-18(16)26)15-11-25-27(12-15)21(8-9-22)6-4-7-21;19-21(20,16-10-4-1-5-11-16,17-12-6-2-7-13-17)18-14-8-3-9-15-18;1-7-12(9,11)10-13(5,6)8(2,3)4;1-7-12(10,11)9-13(5,6)8(2,3)4;1-4-7(5-2)6-3;2*2-1(3)4/h11,14-16,19H,10,12,17-18H2,1-9H3;5,10-13H,4,6-8,14H2,1-3H3;1-15H;7H2,1-6H3;9H,7H2,1-6H3;4-6H2,1-3H3;2*1H. The number of nitrogens with one attached hydrogen (secondary N) is 1. The summed E-state index contributed by atoms with van der Waals surface area (Å²) in [5.41, 5.74) is 2.42. The molecule has 1 saturated carbocycles. The van der Waals surface area contributed by atoms with Crippen LogP contribution in [0.4, 0.5) is 0 Å². The molecule has 6 aromatic heterocycles. The Morgan fingerprint density at radius 1 is 0.554 bits per heavy atom. The average Bonchev–Trinajstić information content (AvgIpc) is 0.925. The van der Waals surface area contributed by atoms with Crippen molar-refractivity contribution in [1.29, 1.82) is 10.5 Å². The molecule has 1 N–H and O–H groups in total. The number of nitrogens with zero attached hydrogens (tertiary/aromatic N) is 16. The van der Waals surface area contributed by atoms with Gasteiger partial charge in [0.05, 0.1) is 65.5 Å². The van der Waals surface area contributed by atoms with Gasteiger partial charge in [-0.3, -0.25) is 36.1 Å². The molecule has 9 aromatic rings. The van der Waals surface area contributed by atoms with Gasteiger partial charge >= 0.3 is 141 Å². The van der Waals surface area contributed by atoms with Crippen molar-refractivity contribution in [1.82, 2.24) is 62.2 Å². The molecule has 3 aromatic carbocycles. The quantitative estimate of drug-likeness (QED) is 0.0217. The van der Waals surface area contributed by atoms with Crippen molar-refractivity contribution >= 4 is 212 Å². The van der Waals surface area contributed by atoms with Crippen LogP contribution in [0.1, 0.15) is 182 Å². The van der Waals surface area contributed by atoms with Gasteiger partial charge in [0, 0.05) is 76.7 Å². The molecule has 130 heavy (non-hydrogen) atoms. The summed E-state index contributed by atoms with van der Waals surface area (Å²) >= 11 is 43.4. The molecule has 24 nitrogen and oxygen atoms in total. The van der Waals surface area contributed by atoms with Gasteiger partial charge in [0.2, 0.25) is 15.9 Å². The second kappa shape index (κ2) is 48.2. The van der Waals surface area contributed by atoms with E-state index >= 15 is 0 Å². The number of fused-ring (bicyclic) bond motifs is 2. The number of ether oxygens (including phenoxy) is 1. The average molecular weight is 2100 g/mol. The van der Waals surface area contributed by atoms with Crippen LogP contribution >= 0.6 is 108 Å². The van der Waals surface area contributed by atoms with E-state index < -0.39 is 83.9 Å². The fourth-order valence-electron chi connectivity index (χ4n) is 12.5. The zero-order valence-corrected chi connectivity index (χ0v) is 93.7. The number of alkyl halides is 6. The van der Waals surface area contributed by atoms with Crippen LogP contribution in [0.2, 0.25) is 54.4 Å². The molecule has 1 saturated heterocycles. The molecule has 2 atom stereocenters. The van der Waals surface area contributed by atoms with Crippen LogP contribution in [0.15, 0.2) is 161 Å². The molecule has 7 heterocycles. The Morgan fingerprint density at radius 3 is 1.29 bits per heavy atom. The number of aromatic nitrogens is 10. The zero-order valence-electron chi connectivity index (χ0n) is 80.6. The van der Waals surface area contributed by atoms with Gasteiger partial charge in [0.25, 0.3) is 0 Å². The van der Waals surface area contributed by atoms with Crippen molar-refractivity contribution in [2.24, 2.45) is 18.9 Å². The maximum atomic E-state index is 14.1. The molecule has 2 unspecified atom stereocenters. The molecule has 722 valence electrons. The van der Waals surface area contributed by atoms with E-state index in [-0.39, 0.29) is 51.4 Å². The Balaban J connectivity index is 0.000000343. The summed E-state index contributed by atoms with van der Waals surface area (Å²) in [7, 11) is -8.17. The molecule has 1 aliphatic carbocycles. The van der Waals surface area contributed by atoms with Crippen LogP contribution in [-0.4, -0.2) is 170 Å². The predicted octanol–water partition coefficient (Wildman–Crippen LogP) is 24.7. The van der Waals surface area contributed by atoms with Gasteiger partial charge in [-0.25, -0.2) is 45.5 Å². The maximum absolute atomic E-state index is 14.1. The molecular formula is C90H137Cl9N17O7PS3Si3. The Bertz CT molecular complexity index is 5510. The van der Waals surface area contributed by atoms with E-state index in [0.717, 1.165) is 62.8 Å². The molecule has 0 radical (unpaired) electrons. The molecule has 0 amide bonds. The molecular weight excluding hydrogens is 1960 g/mol. The van der Waals surface area contributed by atoms with E-state index in [9.17, 15) is 36.9 Å². The van der Waals surface area contributed by atoms with E-state index in [2.05, 4.69) is 165 Å². The number of rotatable bonds is 22. The van der Waals surface area contributed by atoms with Crippen LogP contribution < -0.4 is 20.3 Å². The Hall–Kier alpha value is -5.14.